The Morgan fingerprint density at radius 3 is 2.59 bits per heavy atom. The topological polar surface area (TPSA) is 39.2 Å². The van der Waals surface area contributed by atoms with Crippen molar-refractivity contribution in [3.05, 3.63) is 58.0 Å². The van der Waals surface area contributed by atoms with E-state index in [1.165, 1.54) is 5.56 Å². The minimum atomic E-state index is 0.00451. The molecule has 2 rings (SSSR count). The van der Waals surface area contributed by atoms with E-state index in [-0.39, 0.29) is 6.04 Å². The Morgan fingerprint density at radius 2 is 1.94 bits per heavy atom. The summed E-state index contributed by atoms with van der Waals surface area (Å²) < 4.78 is 6.49. The number of furan rings is 1. The molecule has 1 heterocycles. The summed E-state index contributed by atoms with van der Waals surface area (Å²) >= 11 is 3.43. The fourth-order valence-electron chi connectivity index (χ4n) is 1.95. The highest BCUT2D eigenvalue weighted by atomic mass is 79.9. The number of hydrogen-bond donors (Lipinski definition) is 1. The van der Waals surface area contributed by atoms with E-state index in [1.54, 1.807) is 6.26 Å². The molecule has 0 aliphatic carbocycles. The van der Waals surface area contributed by atoms with Gasteiger partial charge in [-0.3, -0.25) is 0 Å². The second kappa shape index (κ2) is 5.52. The molecule has 0 bridgehead atoms. The van der Waals surface area contributed by atoms with Crippen LogP contribution in [0.5, 0.6) is 0 Å². The van der Waals surface area contributed by atoms with E-state index in [0.29, 0.717) is 0 Å². The predicted octanol–water partition coefficient (Wildman–Crippen LogP) is 3.85. The summed E-state index contributed by atoms with van der Waals surface area (Å²) in [4.78, 5) is 0. The summed E-state index contributed by atoms with van der Waals surface area (Å²) in [6, 6.07) is 10.2. The van der Waals surface area contributed by atoms with E-state index in [4.69, 9.17) is 10.2 Å². The third-order valence-corrected chi connectivity index (χ3v) is 3.40. The number of aryl methyl sites for hydroxylation is 1. The monoisotopic (exact) mass is 293 g/mol. The maximum absolute atomic E-state index is 6.21. The minimum Gasteiger partial charge on any atom is -0.469 e. The normalized spacial score (nSPS) is 12.6. The first kappa shape index (κ1) is 12.4. The van der Waals surface area contributed by atoms with Crippen molar-refractivity contribution in [2.45, 2.75) is 25.8 Å². The highest BCUT2D eigenvalue weighted by molar-refractivity contribution is 9.10. The molecule has 0 amide bonds. The summed E-state index contributed by atoms with van der Waals surface area (Å²) in [5.74, 6) is 0.995. The van der Waals surface area contributed by atoms with Gasteiger partial charge in [0.15, 0.2) is 0 Å². The van der Waals surface area contributed by atoms with Gasteiger partial charge in [0.05, 0.1) is 6.26 Å². The molecule has 17 heavy (non-hydrogen) atoms. The molecule has 1 aromatic carbocycles. The van der Waals surface area contributed by atoms with Crippen molar-refractivity contribution in [1.29, 1.82) is 0 Å². The number of nitrogens with two attached hydrogens (primary N) is 1. The zero-order valence-corrected chi connectivity index (χ0v) is 11.4. The molecule has 1 unspecified atom stereocenters. The third kappa shape index (κ3) is 2.99. The Kier molecular flexibility index (Phi) is 4.02. The van der Waals surface area contributed by atoms with Crippen molar-refractivity contribution in [3.8, 4) is 0 Å². The number of benzene rings is 1. The first-order valence-electron chi connectivity index (χ1n) is 5.77. The second-order valence-electron chi connectivity index (χ2n) is 4.09. The SMILES string of the molecule is CCc1occc1C(N)Cc1ccc(Br)cc1. The van der Waals surface area contributed by atoms with Gasteiger partial charge in [-0.05, 0) is 30.2 Å². The number of hydrogen-bond acceptors (Lipinski definition) is 2. The van der Waals surface area contributed by atoms with Gasteiger partial charge in [-0.25, -0.2) is 0 Å². The van der Waals surface area contributed by atoms with E-state index < -0.39 is 0 Å². The van der Waals surface area contributed by atoms with Crippen LogP contribution in [-0.4, -0.2) is 0 Å². The number of rotatable bonds is 4. The average Bonchev–Trinajstić information content (AvgIpc) is 2.80. The lowest BCUT2D eigenvalue weighted by molar-refractivity contribution is 0.505. The lowest BCUT2D eigenvalue weighted by Crippen LogP contribution is -2.14. The van der Waals surface area contributed by atoms with Gasteiger partial charge < -0.3 is 10.2 Å². The lowest BCUT2D eigenvalue weighted by atomic mass is 9.99. The van der Waals surface area contributed by atoms with Gasteiger partial charge in [0.25, 0.3) is 0 Å². The molecular formula is C14H16BrNO. The van der Waals surface area contributed by atoms with Gasteiger partial charge in [-0.1, -0.05) is 35.0 Å². The Balaban J connectivity index is 2.11. The molecule has 0 aliphatic rings. The van der Waals surface area contributed by atoms with Crippen LogP contribution in [-0.2, 0) is 12.8 Å². The predicted molar refractivity (Wildman–Crippen MR) is 72.9 cm³/mol. The van der Waals surface area contributed by atoms with Crippen molar-refractivity contribution >= 4 is 15.9 Å². The van der Waals surface area contributed by atoms with Crippen molar-refractivity contribution < 1.29 is 4.42 Å². The van der Waals surface area contributed by atoms with Crippen LogP contribution in [0.1, 0.15) is 29.9 Å². The molecule has 2 nitrogen and oxygen atoms in total. The maximum Gasteiger partial charge on any atom is 0.108 e. The van der Waals surface area contributed by atoms with Crippen molar-refractivity contribution in [2.24, 2.45) is 5.73 Å². The summed E-state index contributed by atoms with van der Waals surface area (Å²) in [5.41, 5.74) is 8.57. The Morgan fingerprint density at radius 1 is 1.24 bits per heavy atom. The van der Waals surface area contributed by atoms with Gasteiger partial charge in [-0.2, -0.15) is 0 Å². The van der Waals surface area contributed by atoms with E-state index >= 15 is 0 Å². The summed E-state index contributed by atoms with van der Waals surface area (Å²) in [5, 5.41) is 0. The molecule has 1 atom stereocenters. The van der Waals surface area contributed by atoms with Crippen LogP contribution in [0, 0.1) is 0 Å². The molecule has 3 heteroatoms. The van der Waals surface area contributed by atoms with Gasteiger partial charge in [0.1, 0.15) is 5.76 Å². The molecule has 90 valence electrons. The largest absolute Gasteiger partial charge is 0.469 e. The van der Waals surface area contributed by atoms with Gasteiger partial charge in [0, 0.05) is 22.5 Å². The fraction of sp³-hybridized carbons (Fsp3) is 0.286. The van der Waals surface area contributed by atoms with E-state index in [1.807, 2.05) is 18.2 Å². The third-order valence-electron chi connectivity index (χ3n) is 2.87. The molecular weight excluding hydrogens is 278 g/mol. The average molecular weight is 294 g/mol. The Labute approximate surface area is 110 Å². The first-order chi connectivity index (χ1) is 8.20. The fourth-order valence-corrected chi connectivity index (χ4v) is 2.22. The van der Waals surface area contributed by atoms with Crippen LogP contribution in [0.3, 0.4) is 0 Å². The molecule has 0 saturated heterocycles. The maximum atomic E-state index is 6.21. The molecule has 2 aromatic rings. The quantitative estimate of drug-likeness (QED) is 0.930. The molecule has 0 aliphatic heterocycles. The van der Waals surface area contributed by atoms with Crippen molar-refractivity contribution in [3.63, 3.8) is 0 Å². The summed E-state index contributed by atoms with van der Waals surface area (Å²) in [6.45, 7) is 2.08. The van der Waals surface area contributed by atoms with Gasteiger partial charge >= 0.3 is 0 Å². The first-order valence-corrected chi connectivity index (χ1v) is 6.56. The highest BCUT2D eigenvalue weighted by Crippen LogP contribution is 2.22. The Hall–Kier alpha value is -1.06. The Bertz CT molecular complexity index is 475. The zero-order chi connectivity index (χ0) is 12.3. The van der Waals surface area contributed by atoms with Crippen LogP contribution in [0.4, 0.5) is 0 Å². The molecule has 2 N–H and O–H groups in total. The molecule has 0 spiro atoms. The molecule has 1 aromatic heterocycles. The summed E-state index contributed by atoms with van der Waals surface area (Å²) in [6.07, 6.45) is 3.44. The van der Waals surface area contributed by atoms with Crippen LogP contribution in [0.25, 0.3) is 0 Å². The van der Waals surface area contributed by atoms with E-state index in [0.717, 1.165) is 28.6 Å². The van der Waals surface area contributed by atoms with Crippen LogP contribution in [0.15, 0.2) is 45.5 Å². The van der Waals surface area contributed by atoms with E-state index in [2.05, 4.69) is 35.0 Å². The van der Waals surface area contributed by atoms with E-state index in [9.17, 15) is 0 Å². The summed E-state index contributed by atoms with van der Waals surface area (Å²) in [7, 11) is 0. The van der Waals surface area contributed by atoms with Crippen LogP contribution >= 0.6 is 15.9 Å². The minimum absolute atomic E-state index is 0.00451. The lowest BCUT2D eigenvalue weighted by Gasteiger charge is -2.11. The van der Waals surface area contributed by atoms with Crippen molar-refractivity contribution in [1.82, 2.24) is 0 Å². The number of halogens is 1. The standard InChI is InChI=1S/C14H16BrNO/c1-2-14-12(7-8-17-14)13(16)9-10-3-5-11(15)6-4-10/h3-8,13H,2,9,16H2,1H3. The highest BCUT2D eigenvalue weighted by Gasteiger charge is 2.13. The van der Waals surface area contributed by atoms with Crippen molar-refractivity contribution in [2.75, 3.05) is 0 Å². The second-order valence-corrected chi connectivity index (χ2v) is 5.01. The van der Waals surface area contributed by atoms with Crippen LogP contribution < -0.4 is 5.73 Å². The molecule has 0 fully saturated rings. The van der Waals surface area contributed by atoms with Gasteiger partial charge in [-0.15, -0.1) is 0 Å². The molecule has 0 radical (unpaired) electrons. The molecule has 0 saturated carbocycles. The van der Waals surface area contributed by atoms with Gasteiger partial charge in [0.2, 0.25) is 0 Å². The van der Waals surface area contributed by atoms with Crippen LogP contribution in [0.2, 0.25) is 0 Å². The zero-order valence-electron chi connectivity index (χ0n) is 9.82. The smallest absolute Gasteiger partial charge is 0.108 e.